The Kier molecular flexibility index (Phi) is 3.32. The molecule has 17 heavy (non-hydrogen) atoms. The second kappa shape index (κ2) is 4.74. The summed E-state index contributed by atoms with van der Waals surface area (Å²) in [4.78, 5) is 13.4. The molecule has 1 aliphatic rings. The quantitative estimate of drug-likeness (QED) is 0.779. The standard InChI is InChI=1S/C15H19NO/c1-11(13-7-8-13)9-12-5-4-6-14(10-12)15(17)16(2)3/h4-6,9-10,13H,7-8H2,1-3H3/b11-9+. The van der Waals surface area contributed by atoms with Crippen molar-refractivity contribution in [3.63, 3.8) is 0 Å². The van der Waals surface area contributed by atoms with Gasteiger partial charge in [-0.3, -0.25) is 4.79 Å². The molecule has 0 N–H and O–H groups in total. The van der Waals surface area contributed by atoms with Crippen molar-refractivity contribution in [2.75, 3.05) is 14.1 Å². The Labute approximate surface area is 103 Å². The molecule has 1 amide bonds. The lowest BCUT2D eigenvalue weighted by molar-refractivity contribution is 0.0827. The third-order valence-corrected chi connectivity index (χ3v) is 3.16. The molecule has 0 heterocycles. The van der Waals surface area contributed by atoms with Crippen molar-refractivity contribution in [2.45, 2.75) is 19.8 Å². The molecule has 1 aromatic carbocycles. The first-order valence-electron chi connectivity index (χ1n) is 6.08. The van der Waals surface area contributed by atoms with E-state index in [1.54, 1.807) is 19.0 Å². The Morgan fingerprint density at radius 1 is 1.35 bits per heavy atom. The van der Waals surface area contributed by atoms with E-state index in [0.717, 1.165) is 17.0 Å². The van der Waals surface area contributed by atoms with Gasteiger partial charge in [-0.05, 0) is 43.4 Å². The summed E-state index contributed by atoms with van der Waals surface area (Å²) in [7, 11) is 3.56. The van der Waals surface area contributed by atoms with Crippen molar-refractivity contribution in [1.29, 1.82) is 0 Å². The summed E-state index contributed by atoms with van der Waals surface area (Å²) in [6.07, 6.45) is 4.83. The molecule has 1 aliphatic carbocycles. The molecule has 0 bridgehead atoms. The fourth-order valence-corrected chi connectivity index (χ4v) is 1.94. The molecule has 0 saturated heterocycles. The SMILES string of the molecule is C/C(=C\c1cccc(C(=O)N(C)C)c1)C1CC1. The maximum atomic E-state index is 11.8. The molecule has 0 unspecified atom stereocenters. The Balaban J connectivity index is 2.22. The highest BCUT2D eigenvalue weighted by atomic mass is 16.2. The largest absolute Gasteiger partial charge is 0.345 e. The molecule has 1 fully saturated rings. The average Bonchev–Trinajstić information content (AvgIpc) is 3.12. The number of hydrogen-bond acceptors (Lipinski definition) is 1. The van der Waals surface area contributed by atoms with Crippen molar-refractivity contribution in [3.05, 3.63) is 41.0 Å². The number of benzene rings is 1. The third-order valence-electron chi connectivity index (χ3n) is 3.16. The van der Waals surface area contributed by atoms with Crippen LogP contribution in [0.4, 0.5) is 0 Å². The smallest absolute Gasteiger partial charge is 0.253 e. The molecule has 0 spiro atoms. The maximum absolute atomic E-state index is 11.8. The van der Waals surface area contributed by atoms with E-state index in [1.165, 1.54) is 18.4 Å². The molecule has 2 heteroatoms. The van der Waals surface area contributed by atoms with Crippen LogP contribution in [0.25, 0.3) is 6.08 Å². The van der Waals surface area contributed by atoms with Crippen LogP contribution >= 0.6 is 0 Å². The van der Waals surface area contributed by atoms with Crippen LogP contribution in [-0.2, 0) is 0 Å². The summed E-state index contributed by atoms with van der Waals surface area (Å²) in [5, 5.41) is 0. The van der Waals surface area contributed by atoms with Crippen LogP contribution in [0, 0.1) is 5.92 Å². The van der Waals surface area contributed by atoms with E-state index in [-0.39, 0.29) is 5.91 Å². The van der Waals surface area contributed by atoms with Gasteiger partial charge in [0.25, 0.3) is 5.91 Å². The van der Waals surface area contributed by atoms with Gasteiger partial charge in [0.1, 0.15) is 0 Å². The fourth-order valence-electron chi connectivity index (χ4n) is 1.94. The van der Waals surface area contributed by atoms with E-state index in [0.29, 0.717) is 0 Å². The first-order chi connectivity index (χ1) is 8.08. The van der Waals surface area contributed by atoms with Crippen LogP contribution in [0.5, 0.6) is 0 Å². The zero-order chi connectivity index (χ0) is 12.4. The van der Waals surface area contributed by atoms with Crippen molar-refractivity contribution in [2.24, 2.45) is 5.92 Å². The molecule has 0 atom stereocenters. The molecule has 0 radical (unpaired) electrons. The molecule has 90 valence electrons. The van der Waals surface area contributed by atoms with Gasteiger partial charge in [-0.25, -0.2) is 0 Å². The van der Waals surface area contributed by atoms with E-state index in [1.807, 2.05) is 18.2 Å². The second-order valence-corrected chi connectivity index (χ2v) is 4.99. The number of nitrogens with zero attached hydrogens (tertiary/aromatic N) is 1. The van der Waals surface area contributed by atoms with E-state index in [4.69, 9.17) is 0 Å². The van der Waals surface area contributed by atoms with Crippen LogP contribution in [0.15, 0.2) is 29.8 Å². The number of hydrogen-bond donors (Lipinski definition) is 0. The molecule has 1 saturated carbocycles. The Bertz CT molecular complexity index is 456. The van der Waals surface area contributed by atoms with Crippen molar-refractivity contribution in [1.82, 2.24) is 4.90 Å². The number of rotatable bonds is 3. The summed E-state index contributed by atoms with van der Waals surface area (Å²) >= 11 is 0. The number of allylic oxidation sites excluding steroid dienone is 1. The highest BCUT2D eigenvalue weighted by Crippen LogP contribution is 2.36. The van der Waals surface area contributed by atoms with Gasteiger partial charge in [0.15, 0.2) is 0 Å². The Morgan fingerprint density at radius 2 is 2.06 bits per heavy atom. The zero-order valence-electron chi connectivity index (χ0n) is 10.7. The van der Waals surface area contributed by atoms with Gasteiger partial charge in [0.2, 0.25) is 0 Å². The van der Waals surface area contributed by atoms with Crippen LogP contribution in [0.2, 0.25) is 0 Å². The number of carbonyl (C=O) groups excluding carboxylic acids is 1. The molecule has 2 nitrogen and oxygen atoms in total. The van der Waals surface area contributed by atoms with Gasteiger partial charge in [0.05, 0.1) is 0 Å². The van der Waals surface area contributed by atoms with Gasteiger partial charge in [-0.15, -0.1) is 0 Å². The van der Waals surface area contributed by atoms with Gasteiger partial charge < -0.3 is 4.90 Å². The zero-order valence-corrected chi connectivity index (χ0v) is 10.7. The third kappa shape index (κ3) is 2.96. The highest BCUT2D eigenvalue weighted by Gasteiger charge is 2.22. The summed E-state index contributed by atoms with van der Waals surface area (Å²) in [5.74, 6) is 0.840. The first-order valence-corrected chi connectivity index (χ1v) is 6.08. The molecular formula is C15H19NO. The number of carbonyl (C=O) groups is 1. The molecular weight excluding hydrogens is 210 g/mol. The average molecular weight is 229 g/mol. The van der Waals surface area contributed by atoms with Crippen LogP contribution in [0.1, 0.15) is 35.7 Å². The van der Waals surface area contributed by atoms with Crippen LogP contribution in [0.3, 0.4) is 0 Å². The predicted molar refractivity (Wildman–Crippen MR) is 70.8 cm³/mol. The fraction of sp³-hybridized carbons (Fsp3) is 0.400. The van der Waals surface area contributed by atoms with Crippen molar-refractivity contribution in [3.8, 4) is 0 Å². The molecule has 0 aromatic heterocycles. The lowest BCUT2D eigenvalue weighted by Crippen LogP contribution is -2.21. The summed E-state index contributed by atoms with van der Waals surface area (Å²) in [5.41, 5.74) is 3.31. The minimum atomic E-state index is 0.0596. The monoisotopic (exact) mass is 229 g/mol. The van der Waals surface area contributed by atoms with E-state index in [2.05, 4.69) is 19.1 Å². The second-order valence-electron chi connectivity index (χ2n) is 4.99. The summed E-state index contributed by atoms with van der Waals surface area (Å²) in [6, 6.07) is 7.83. The van der Waals surface area contributed by atoms with Gasteiger partial charge in [-0.1, -0.05) is 23.8 Å². The lowest BCUT2D eigenvalue weighted by atomic mass is 10.1. The Hall–Kier alpha value is -1.57. The first kappa shape index (κ1) is 11.9. The predicted octanol–water partition coefficient (Wildman–Crippen LogP) is 3.20. The van der Waals surface area contributed by atoms with E-state index >= 15 is 0 Å². The minimum absolute atomic E-state index is 0.0596. The summed E-state index contributed by atoms with van der Waals surface area (Å²) in [6.45, 7) is 2.18. The van der Waals surface area contributed by atoms with Gasteiger partial charge in [0, 0.05) is 19.7 Å². The lowest BCUT2D eigenvalue weighted by Gasteiger charge is -2.10. The van der Waals surface area contributed by atoms with Crippen LogP contribution < -0.4 is 0 Å². The minimum Gasteiger partial charge on any atom is -0.345 e. The van der Waals surface area contributed by atoms with Gasteiger partial charge >= 0.3 is 0 Å². The Morgan fingerprint density at radius 3 is 2.65 bits per heavy atom. The van der Waals surface area contributed by atoms with E-state index in [9.17, 15) is 4.79 Å². The van der Waals surface area contributed by atoms with Gasteiger partial charge in [-0.2, -0.15) is 0 Å². The van der Waals surface area contributed by atoms with E-state index < -0.39 is 0 Å². The molecule has 0 aliphatic heterocycles. The summed E-state index contributed by atoms with van der Waals surface area (Å²) < 4.78 is 0. The van der Waals surface area contributed by atoms with Crippen molar-refractivity contribution >= 4 is 12.0 Å². The molecule has 1 aromatic rings. The van der Waals surface area contributed by atoms with Crippen LogP contribution in [-0.4, -0.2) is 24.9 Å². The molecule has 2 rings (SSSR count). The topological polar surface area (TPSA) is 20.3 Å². The highest BCUT2D eigenvalue weighted by molar-refractivity contribution is 5.94. The number of amides is 1. The normalized spacial score (nSPS) is 15.8. The maximum Gasteiger partial charge on any atom is 0.253 e. The van der Waals surface area contributed by atoms with Crippen molar-refractivity contribution < 1.29 is 4.79 Å².